The zero-order valence-corrected chi connectivity index (χ0v) is 10.6. The second-order valence-corrected chi connectivity index (χ2v) is 4.39. The van der Waals surface area contributed by atoms with Gasteiger partial charge in [-0.2, -0.15) is 0 Å². The van der Waals surface area contributed by atoms with Crippen LogP contribution in [0.5, 0.6) is 11.5 Å². The molecule has 3 nitrogen and oxygen atoms in total. The number of carbonyl (C=O) groups excluding carboxylic acids is 1. The lowest BCUT2D eigenvalue weighted by Gasteiger charge is -2.00. The van der Waals surface area contributed by atoms with Crippen molar-refractivity contribution >= 4 is 23.5 Å². The van der Waals surface area contributed by atoms with Crippen LogP contribution in [0.3, 0.4) is 0 Å². The molecule has 19 heavy (non-hydrogen) atoms. The average Bonchev–Trinajstić information content (AvgIpc) is 2.36. The summed E-state index contributed by atoms with van der Waals surface area (Å²) in [5, 5.41) is 19.2. The van der Waals surface area contributed by atoms with Gasteiger partial charge in [0.15, 0.2) is 5.78 Å². The first kappa shape index (κ1) is 13.2. The van der Waals surface area contributed by atoms with Crippen molar-refractivity contribution in [2.75, 3.05) is 0 Å². The molecule has 0 spiro atoms. The van der Waals surface area contributed by atoms with Crippen molar-refractivity contribution in [1.29, 1.82) is 0 Å². The van der Waals surface area contributed by atoms with E-state index in [0.717, 1.165) is 0 Å². The van der Waals surface area contributed by atoms with Crippen molar-refractivity contribution in [2.45, 2.75) is 0 Å². The summed E-state index contributed by atoms with van der Waals surface area (Å²) in [5.74, 6) is -0.270. The summed E-state index contributed by atoms with van der Waals surface area (Å²) in [6, 6.07) is 10.8. The number of phenolic OH excluding ortho intramolecular Hbond substituents is 2. The van der Waals surface area contributed by atoms with E-state index in [1.165, 1.54) is 36.4 Å². The standard InChI is InChI=1S/C15H11ClO3/c16-12-7-11(8-13(17)9-12)15(19)6-5-10-3-1-2-4-14(10)18/h1-9,17-18H/b6-5+. The van der Waals surface area contributed by atoms with Gasteiger partial charge in [0.2, 0.25) is 0 Å². The van der Waals surface area contributed by atoms with Gasteiger partial charge in [-0.15, -0.1) is 0 Å². The second-order valence-electron chi connectivity index (χ2n) is 3.95. The molecule has 0 atom stereocenters. The Labute approximate surface area is 115 Å². The van der Waals surface area contributed by atoms with E-state index in [4.69, 9.17) is 11.6 Å². The van der Waals surface area contributed by atoms with Crippen LogP contribution in [0.1, 0.15) is 15.9 Å². The molecule has 0 saturated heterocycles. The van der Waals surface area contributed by atoms with Gasteiger partial charge in [-0.3, -0.25) is 4.79 Å². The van der Waals surface area contributed by atoms with Crippen molar-refractivity contribution in [3.63, 3.8) is 0 Å². The summed E-state index contributed by atoms with van der Waals surface area (Å²) in [7, 11) is 0. The first-order chi connectivity index (χ1) is 9.06. The van der Waals surface area contributed by atoms with Gasteiger partial charge < -0.3 is 10.2 Å². The highest BCUT2D eigenvalue weighted by atomic mass is 35.5. The van der Waals surface area contributed by atoms with Crippen LogP contribution >= 0.6 is 11.6 Å². The summed E-state index contributed by atoms with van der Waals surface area (Å²) in [4.78, 5) is 11.9. The third-order valence-electron chi connectivity index (χ3n) is 2.52. The number of rotatable bonds is 3. The van der Waals surface area contributed by atoms with Gasteiger partial charge in [0.25, 0.3) is 0 Å². The number of phenols is 2. The lowest BCUT2D eigenvalue weighted by atomic mass is 10.1. The Hall–Kier alpha value is -2.26. The van der Waals surface area contributed by atoms with E-state index in [1.807, 2.05) is 0 Å². The number of para-hydroxylation sites is 1. The summed E-state index contributed by atoms with van der Waals surface area (Å²) >= 11 is 5.76. The minimum atomic E-state index is -0.305. The molecule has 0 unspecified atom stereocenters. The Morgan fingerprint density at radius 2 is 1.84 bits per heavy atom. The highest BCUT2D eigenvalue weighted by Crippen LogP contribution is 2.21. The highest BCUT2D eigenvalue weighted by molar-refractivity contribution is 6.31. The first-order valence-electron chi connectivity index (χ1n) is 5.56. The molecule has 0 fully saturated rings. The number of hydrogen-bond acceptors (Lipinski definition) is 3. The van der Waals surface area contributed by atoms with E-state index >= 15 is 0 Å². The predicted molar refractivity (Wildman–Crippen MR) is 74.6 cm³/mol. The Kier molecular flexibility index (Phi) is 3.88. The fourth-order valence-electron chi connectivity index (χ4n) is 1.61. The molecule has 0 amide bonds. The fourth-order valence-corrected chi connectivity index (χ4v) is 1.84. The lowest BCUT2D eigenvalue weighted by molar-refractivity contribution is 0.104. The maximum absolute atomic E-state index is 11.9. The molecular weight excluding hydrogens is 264 g/mol. The molecule has 0 saturated carbocycles. The third-order valence-corrected chi connectivity index (χ3v) is 2.74. The topological polar surface area (TPSA) is 57.5 Å². The summed E-state index contributed by atoms with van der Waals surface area (Å²) in [6.07, 6.45) is 2.83. The van der Waals surface area contributed by atoms with Crippen LogP contribution in [0.25, 0.3) is 6.08 Å². The molecule has 4 heteroatoms. The van der Waals surface area contributed by atoms with Gasteiger partial charge in [0.1, 0.15) is 11.5 Å². The maximum Gasteiger partial charge on any atom is 0.186 e. The number of hydrogen-bond donors (Lipinski definition) is 2. The summed E-state index contributed by atoms with van der Waals surface area (Å²) in [6.45, 7) is 0. The van der Waals surface area contributed by atoms with Gasteiger partial charge in [0.05, 0.1) is 0 Å². The van der Waals surface area contributed by atoms with Gasteiger partial charge in [-0.05, 0) is 36.4 Å². The molecular formula is C15H11ClO3. The molecule has 0 aliphatic rings. The van der Waals surface area contributed by atoms with E-state index in [0.29, 0.717) is 10.6 Å². The van der Waals surface area contributed by atoms with Crippen LogP contribution in [0, 0.1) is 0 Å². The van der Waals surface area contributed by atoms with Crippen LogP contribution in [-0.4, -0.2) is 16.0 Å². The molecule has 0 bridgehead atoms. The Morgan fingerprint density at radius 1 is 1.11 bits per heavy atom. The van der Waals surface area contributed by atoms with Crippen LogP contribution < -0.4 is 0 Å². The molecule has 0 aromatic heterocycles. The van der Waals surface area contributed by atoms with Crippen molar-refractivity contribution in [3.8, 4) is 11.5 Å². The average molecular weight is 275 g/mol. The monoisotopic (exact) mass is 274 g/mol. The molecule has 0 heterocycles. The number of ketones is 1. The summed E-state index contributed by atoms with van der Waals surface area (Å²) < 4.78 is 0. The van der Waals surface area contributed by atoms with Crippen LogP contribution in [0.4, 0.5) is 0 Å². The Bertz CT molecular complexity index is 627. The van der Waals surface area contributed by atoms with E-state index in [9.17, 15) is 15.0 Å². The molecule has 2 N–H and O–H groups in total. The molecule has 2 rings (SSSR count). The number of aromatic hydroxyl groups is 2. The van der Waals surface area contributed by atoms with Gasteiger partial charge in [-0.25, -0.2) is 0 Å². The molecule has 0 aliphatic carbocycles. The van der Waals surface area contributed by atoms with E-state index in [-0.39, 0.29) is 22.8 Å². The molecule has 0 radical (unpaired) electrons. The van der Waals surface area contributed by atoms with E-state index in [1.54, 1.807) is 18.2 Å². The molecule has 96 valence electrons. The lowest BCUT2D eigenvalue weighted by Crippen LogP contribution is -1.93. The quantitative estimate of drug-likeness (QED) is 0.663. The number of allylic oxidation sites excluding steroid dienone is 1. The largest absolute Gasteiger partial charge is 0.508 e. The molecule has 0 aliphatic heterocycles. The van der Waals surface area contributed by atoms with Crippen molar-refractivity contribution in [1.82, 2.24) is 0 Å². The second kappa shape index (κ2) is 5.59. The summed E-state index contributed by atoms with van der Waals surface area (Å²) in [5.41, 5.74) is 0.832. The minimum Gasteiger partial charge on any atom is -0.508 e. The Morgan fingerprint density at radius 3 is 2.53 bits per heavy atom. The maximum atomic E-state index is 11.9. The normalized spacial score (nSPS) is 10.8. The van der Waals surface area contributed by atoms with Crippen molar-refractivity contribution in [3.05, 3.63) is 64.7 Å². The van der Waals surface area contributed by atoms with Gasteiger partial charge in [0, 0.05) is 16.1 Å². The van der Waals surface area contributed by atoms with Crippen molar-refractivity contribution < 1.29 is 15.0 Å². The molecule has 2 aromatic carbocycles. The highest BCUT2D eigenvalue weighted by Gasteiger charge is 2.05. The van der Waals surface area contributed by atoms with Crippen LogP contribution in [-0.2, 0) is 0 Å². The first-order valence-corrected chi connectivity index (χ1v) is 5.94. The van der Waals surface area contributed by atoms with Gasteiger partial charge in [-0.1, -0.05) is 29.8 Å². The predicted octanol–water partition coefficient (Wildman–Crippen LogP) is 3.65. The van der Waals surface area contributed by atoms with E-state index in [2.05, 4.69) is 0 Å². The van der Waals surface area contributed by atoms with Gasteiger partial charge >= 0.3 is 0 Å². The zero-order valence-electron chi connectivity index (χ0n) is 9.88. The van der Waals surface area contributed by atoms with E-state index < -0.39 is 0 Å². The number of benzene rings is 2. The van der Waals surface area contributed by atoms with Crippen LogP contribution in [0.2, 0.25) is 5.02 Å². The van der Waals surface area contributed by atoms with Crippen molar-refractivity contribution in [2.24, 2.45) is 0 Å². The SMILES string of the molecule is O=C(/C=C/c1ccccc1O)c1cc(O)cc(Cl)c1. The Balaban J connectivity index is 2.24. The fraction of sp³-hybridized carbons (Fsp3) is 0. The minimum absolute atomic E-state index is 0.0631. The van der Waals surface area contributed by atoms with Crippen LogP contribution in [0.15, 0.2) is 48.5 Å². The number of carbonyl (C=O) groups is 1. The smallest absolute Gasteiger partial charge is 0.186 e. The molecule has 2 aromatic rings. The third kappa shape index (κ3) is 3.36. The zero-order chi connectivity index (χ0) is 13.8. The number of halogens is 1.